The van der Waals surface area contributed by atoms with Crippen LogP contribution in [-0.2, 0) is 24.6 Å². The monoisotopic (exact) mass is 434 g/mol. The van der Waals surface area contributed by atoms with Gasteiger partial charge in [0.05, 0.1) is 38.7 Å². The highest BCUT2D eigenvalue weighted by molar-refractivity contribution is 5.89. The summed E-state index contributed by atoms with van der Waals surface area (Å²) in [5, 5.41) is 19.0. The van der Waals surface area contributed by atoms with Gasteiger partial charge in [-0.3, -0.25) is 0 Å². The Morgan fingerprint density at radius 3 is 2.38 bits per heavy atom. The van der Waals surface area contributed by atoms with Gasteiger partial charge in [-0.15, -0.1) is 0 Å². The molecule has 1 aromatic heterocycles. The minimum absolute atomic E-state index is 0.0435. The number of pyridine rings is 1. The Morgan fingerprint density at radius 1 is 0.969 bits per heavy atom. The highest BCUT2D eigenvalue weighted by atomic mass is 16.5. The van der Waals surface area contributed by atoms with Crippen molar-refractivity contribution in [1.29, 1.82) is 5.26 Å². The summed E-state index contributed by atoms with van der Waals surface area (Å²) < 4.78 is 21.9. The number of rotatable bonds is 10. The van der Waals surface area contributed by atoms with E-state index in [9.17, 15) is 15.2 Å². The fourth-order valence-electron chi connectivity index (χ4n) is 2.98. The third kappa shape index (κ3) is 5.53. The van der Waals surface area contributed by atoms with E-state index in [1.54, 1.807) is 26.4 Å². The fourth-order valence-corrected chi connectivity index (χ4v) is 2.98. The van der Waals surface area contributed by atoms with Crippen LogP contribution in [0.1, 0.15) is 32.7 Å². The number of carboxylic acid groups (broad SMARTS) is 1. The lowest BCUT2D eigenvalue weighted by atomic mass is 10.1. The first-order chi connectivity index (χ1) is 15.5. The molecular formula is C24H22N2O6. The van der Waals surface area contributed by atoms with Crippen molar-refractivity contribution in [3.63, 3.8) is 0 Å². The molecule has 32 heavy (non-hydrogen) atoms. The van der Waals surface area contributed by atoms with E-state index in [1.807, 2.05) is 42.5 Å². The van der Waals surface area contributed by atoms with E-state index in [2.05, 4.69) is 4.98 Å². The number of nitriles is 1. The summed E-state index contributed by atoms with van der Waals surface area (Å²) in [6, 6.07) is 17.9. The van der Waals surface area contributed by atoms with E-state index < -0.39 is 5.97 Å². The van der Waals surface area contributed by atoms with Crippen molar-refractivity contribution in [2.24, 2.45) is 0 Å². The van der Waals surface area contributed by atoms with Crippen LogP contribution in [0.15, 0.2) is 54.6 Å². The van der Waals surface area contributed by atoms with E-state index in [0.717, 1.165) is 11.1 Å². The summed E-state index contributed by atoms with van der Waals surface area (Å²) in [6.07, 6.45) is 0. The number of nitrogens with zero attached hydrogens (tertiary/aromatic N) is 2. The summed E-state index contributed by atoms with van der Waals surface area (Å²) in [6.45, 7) is 0.311. The van der Waals surface area contributed by atoms with Gasteiger partial charge in [0.1, 0.15) is 18.2 Å². The van der Waals surface area contributed by atoms with E-state index in [0.29, 0.717) is 11.5 Å². The van der Waals surface area contributed by atoms with Gasteiger partial charge in [0.15, 0.2) is 11.5 Å². The SMILES string of the molecule is COc1ccc(COCc2nc(OCc3ccccc3)c(C#N)cc2C(=O)O)cc1OC. The average molecular weight is 434 g/mol. The first-order valence-corrected chi connectivity index (χ1v) is 9.68. The first-order valence-electron chi connectivity index (χ1n) is 9.68. The minimum atomic E-state index is -1.20. The molecule has 0 aliphatic rings. The lowest BCUT2D eigenvalue weighted by Gasteiger charge is -2.13. The Balaban J connectivity index is 1.77. The third-order valence-corrected chi connectivity index (χ3v) is 4.59. The second-order valence-electron chi connectivity index (χ2n) is 6.71. The van der Waals surface area contributed by atoms with E-state index >= 15 is 0 Å². The van der Waals surface area contributed by atoms with Gasteiger partial charge in [0.25, 0.3) is 0 Å². The molecule has 0 unspecified atom stereocenters. The molecule has 2 aromatic carbocycles. The second kappa shape index (κ2) is 10.8. The van der Waals surface area contributed by atoms with Gasteiger partial charge in [0, 0.05) is 0 Å². The first kappa shape index (κ1) is 22.6. The zero-order chi connectivity index (χ0) is 22.9. The summed E-state index contributed by atoms with van der Waals surface area (Å²) >= 11 is 0. The number of hydrogen-bond acceptors (Lipinski definition) is 7. The van der Waals surface area contributed by atoms with Crippen LogP contribution < -0.4 is 14.2 Å². The van der Waals surface area contributed by atoms with Gasteiger partial charge in [-0.1, -0.05) is 36.4 Å². The van der Waals surface area contributed by atoms with Crippen LogP contribution in [0.5, 0.6) is 17.4 Å². The maximum Gasteiger partial charge on any atom is 0.337 e. The van der Waals surface area contributed by atoms with Crippen LogP contribution in [0.25, 0.3) is 0 Å². The average Bonchev–Trinajstić information content (AvgIpc) is 2.83. The quantitative estimate of drug-likeness (QED) is 0.510. The molecule has 3 aromatic rings. The molecule has 0 saturated heterocycles. The van der Waals surface area contributed by atoms with Crippen LogP contribution in [0, 0.1) is 11.3 Å². The van der Waals surface area contributed by atoms with Gasteiger partial charge >= 0.3 is 5.97 Å². The predicted octanol–water partition coefficient (Wildman–Crippen LogP) is 3.96. The topological polar surface area (TPSA) is 111 Å². The number of hydrogen-bond donors (Lipinski definition) is 1. The lowest BCUT2D eigenvalue weighted by Crippen LogP contribution is -2.10. The molecule has 8 nitrogen and oxygen atoms in total. The van der Waals surface area contributed by atoms with Crippen LogP contribution >= 0.6 is 0 Å². The van der Waals surface area contributed by atoms with Gasteiger partial charge in [-0.05, 0) is 29.3 Å². The highest BCUT2D eigenvalue weighted by Crippen LogP contribution is 2.28. The Labute approximate surface area is 185 Å². The lowest BCUT2D eigenvalue weighted by molar-refractivity contribution is 0.0681. The van der Waals surface area contributed by atoms with Crippen molar-refractivity contribution < 1.29 is 28.8 Å². The van der Waals surface area contributed by atoms with Crippen LogP contribution in [0.3, 0.4) is 0 Å². The van der Waals surface area contributed by atoms with Crippen LogP contribution in [-0.4, -0.2) is 30.3 Å². The number of carbonyl (C=O) groups is 1. The number of aromatic nitrogens is 1. The third-order valence-electron chi connectivity index (χ3n) is 4.59. The predicted molar refractivity (Wildman–Crippen MR) is 115 cm³/mol. The van der Waals surface area contributed by atoms with Crippen molar-refractivity contribution in [2.45, 2.75) is 19.8 Å². The van der Waals surface area contributed by atoms with Gasteiger partial charge in [-0.2, -0.15) is 5.26 Å². The van der Waals surface area contributed by atoms with Gasteiger partial charge in [-0.25, -0.2) is 9.78 Å². The standard InChI is InChI=1S/C24H22N2O6/c1-29-21-9-8-17(10-22(21)30-2)13-31-15-20-19(24(27)28)11-18(12-25)23(26-20)32-14-16-6-4-3-5-7-16/h3-11H,13-15H2,1-2H3,(H,27,28). The molecule has 0 spiro atoms. The van der Waals surface area contributed by atoms with Crippen molar-refractivity contribution in [3.8, 4) is 23.4 Å². The zero-order valence-electron chi connectivity index (χ0n) is 17.7. The number of methoxy groups -OCH3 is 2. The maximum atomic E-state index is 11.7. The Hall–Kier alpha value is -4.09. The number of aromatic carboxylic acids is 1. The number of carboxylic acids is 1. The summed E-state index contributed by atoms with van der Waals surface area (Å²) in [7, 11) is 3.09. The Bertz CT molecular complexity index is 1130. The molecule has 0 aliphatic carbocycles. The fraction of sp³-hybridized carbons (Fsp3) is 0.208. The van der Waals surface area contributed by atoms with E-state index in [4.69, 9.17) is 18.9 Å². The molecule has 164 valence electrons. The van der Waals surface area contributed by atoms with Gasteiger partial charge in [0.2, 0.25) is 5.88 Å². The highest BCUT2D eigenvalue weighted by Gasteiger charge is 2.18. The molecule has 0 fully saturated rings. The normalized spacial score (nSPS) is 10.3. The molecule has 1 heterocycles. The van der Waals surface area contributed by atoms with Crippen LogP contribution in [0.2, 0.25) is 0 Å². The van der Waals surface area contributed by atoms with Gasteiger partial charge < -0.3 is 24.1 Å². The summed E-state index contributed by atoms with van der Waals surface area (Å²) in [5.74, 6) is 0.0192. The summed E-state index contributed by atoms with van der Waals surface area (Å²) in [4.78, 5) is 16.0. The number of benzene rings is 2. The molecule has 0 atom stereocenters. The van der Waals surface area contributed by atoms with Crippen molar-refractivity contribution in [2.75, 3.05) is 14.2 Å². The largest absolute Gasteiger partial charge is 0.493 e. The maximum absolute atomic E-state index is 11.7. The van der Waals surface area contributed by atoms with Crippen molar-refractivity contribution in [3.05, 3.63) is 82.5 Å². The molecule has 3 rings (SSSR count). The molecule has 0 amide bonds. The smallest absolute Gasteiger partial charge is 0.337 e. The molecule has 0 aliphatic heterocycles. The Morgan fingerprint density at radius 2 is 1.72 bits per heavy atom. The molecule has 1 N–H and O–H groups in total. The van der Waals surface area contributed by atoms with E-state index in [1.165, 1.54) is 6.07 Å². The molecule has 0 radical (unpaired) electrons. The molecule has 0 saturated carbocycles. The van der Waals surface area contributed by atoms with E-state index in [-0.39, 0.29) is 42.5 Å². The molecule has 8 heteroatoms. The summed E-state index contributed by atoms with van der Waals surface area (Å²) in [5.41, 5.74) is 1.81. The van der Waals surface area contributed by atoms with Crippen molar-refractivity contribution >= 4 is 5.97 Å². The molecular weight excluding hydrogens is 412 g/mol. The Kier molecular flexibility index (Phi) is 7.62. The zero-order valence-corrected chi connectivity index (χ0v) is 17.7. The minimum Gasteiger partial charge on any atom is -0.493 e. The molecule has 0 bridgehead atoms. The van der Waals surface area contributed by atoms with Crippen LogP contribution in [0.4, 0.5) is 0 Å². The van der Waals surface area contributed by atoms with Crippen molar-refractivity contribution in [1.82, 2.24) is 4.98 Å². The number of ether oxygens (including phenoxy) is 4. The second-order valence-corrected chi connectivity index (χ2v) is 6.71.